The molecule has 0 spiro atoms. The Balaban J connectivity index is 1.76. The Kier molecular flexibility index (Phi) is 3.95. The van der Waals surface area contributed by atoms with Crippen LogP contribution >= 0.6 is 0 Å². The van der Waals surface area contributed by atoms with Gasteiger partial charge in [-0.15, -0.1) is 0 Å². The van der Waals surface area contributed by atoms with Crippen LogP contribution < -0.4 is 5.32 Å². The van der Waals surface area contributed by atoms with Gasteiger partial charge in [-0.05, 0) is 38.0 Å². The van der Waals surface area contributed by atoms with Crippen LogP contribution in [0.25, 0.3) is 11.3 Å². The Morgan fingerprint density at radius 2 is 2.00 bits per heavy atom. The molecular weight excluding hydrogens is 332 g/mol. The number of nitrogens with zero attached hydrogens (tertiary/aromatic N) is 1. The van der Waals surface area contributed by atoms with E-state index >= 15 is 0 Å². The first-order valence-corrected chi connectivity index (χ1v) is 8.60. The maximum Gasteiger partial charge on any atom is 0.280 e. The number of carbonyl (C=O) groups is 1. The summed E-state index contributed by atoms with van der Waals surface area (Å²) in [5.41, 5.74) is 3.13. The highest BCUT2D eigenvalue weighted by Gasteiger charge is 2.32. The van der Waals surface area contributed by atoms with Crippen molar-refractivity contribution in [1.29, 1.82) is 0 Å². The average Bonchev–Trinajstić information content (AvgIpc) is 3.11. The normalized spacial score (nSPS) is 19.7. The van der Waals surface area contributed by atoms with Crippen LogP contribution in [0, 0.1) is 10.1 Å². The number of ketones is 1. The maximum atomic E-state index is 12.5. The van der Waals surface area contributed by atoms with E-state index < -0.39 is 4.92 Å². The first-order chi connectivity index (χ1) is 12.5. The lowest BCUT2D eigenvalue weighted by Gasteiger charge is -2.29. The van der Waals surface area contributed by atoms with Gasteiger partial charge in [0.15, 0.2) is 5.78 Å². The minimum absolute atomic E-state index is 0.000851. The molecule has 0 amide bonds. The Morgan fingerprint density at radius 3 is 2.81 bits per heavy atom. The lowest BCUT2D eigenvalue weighted by atomic mass is 9.82. The summed E-state index contributed by atoms with van der Waals surface area (Å²) in [4.78, 5) is 23.3. The Hall–Kier alpha value is -3.15. The van der Waals surface area contributed by atoms with Gasteiger partial charge in [-0.2, -0.15) is 0 Å². The molecule has 2 aliphatic rings. The van der Waals surface area contributed by atoms with E-state index in [0.29, 0.717) is 23.5 Å². The molecule has 26 heavy (non-hydrogen) atoms. The molecule has 2 aromatic rings. The van der Waals surface area contributed by atoms with Gasteiger partial charge in [-0.3, -0.25) is 14.9 Å². The number of carbonyl (C=O) groups excluding carboxylic acids is 1. The number of nitro groups is 1. The van der Waals surface area contributed by atoms with Crippen molar-refractivity contribution >= 4 is 11.5 Å². The molecule has 1 aromatic heterocycles. The van der Waals surface area contributed by atoms with E-state index in [0.717, 1.165) is 29.8 Å². The summed E-state index contributed by atoms with van der Waals surface area (Å²) in [6.07, 6.45) is 4.22. The summed E-state index contributed by atoms with van der Waals surface area (Å²) < 4.78 is 5.98. The van der Waals surface area contributed by atoms with Crippen molar-refractivity contribution in [1.82, 2.24) is 5.32 Å². The number of Topliss-reactive ketones (excluding diaryl/α,β-unsaturated/α-hetero) is 1. The van der Waals surface area contributed by atoms with Gasteiger partial charge in [-0.25, -0.2) is 0 Å². The highest BCUT2D eigenvalue weighted by atomic mass is 16.6. The number of nitrogens with one attached hydrogen (secondary N) is 1. The highest BCUT2D eigenvalue weighted by molar-refractivity contribution is 5.99. The second-order valence-corrected chi connectivity index (χ2v) is 6.60. The fourth-order valence-electron chi connectivity index (χ4n) is 3.70. The predicted octanol–water partition coefficient (Wildman–Crippen LogP) is 4.45. The fourth-order valence-corrected chi connectivity index (χ4v) is 3.70. The van der Waals surface area contributed by atoms with E-state index in [1.54, 1.807) is 30.3 Å². The number of dihydropyridines is 1. The molecule has 1 aromatic carbocycles. The monoisotopic (exact) mass is 350 g/mol. The first-order valence-electron chi connectivity index (χ1n) is 8.60. The fraction of sp³-hybridized carbons (Fsp3) is 0.250. The molecular formula is C20H18N2O4. The van der Waals surface area contributed by atoms with E-state index in [2.05, 4.69) is 5.32 Å². The van der Waals surface area contributed by atoms with Crippen LogP contribution in [0.5, 0.6) is 0 Å². The smallest absolute Gasteiger partial charge is 0.280 e. The predicted molar refractivity (Wildman–Crippen MR) is 96.3 cm³/mol. The zero-order valence-electron chi connectivity index (χ0n) is 14.3. The van der Waals surface area contributed by atoms with Crippen molar-refractivity contribution in [2.75, 3.05) is 0 Å². The van der Waals surface area contributed by atoms with Crippen molar-refractivity contribution < 1.29 is 14.1 Å². The van der Waals surface area contributed by atoms with Crippen molar-refractivity contribution in [3.8, 4) is 11.3 Å². The molecule has 1 aliphatic heterocycles. The van der Waals surface area contributed by atoms with Gasteiger partial charge in [0.25, 0.3) is 5.69 Å². The standard InChI is InChI=1S/C20H18N2O4/c1-12-11-14(20-15(21-12)6-4-8-17(20)23)19-10-9-18(26-19)13-5-2-3-7-16(13)22(24)25/h2-3,5,7,9-11,14,21H,4,6,8H2,1H3. The minimum Gasteiger partial charge on any atom is -0.460 e. The molecule has 1 unspecified atom stereocenters. The van der Waals surface area contributed by atoms with Crippen LogP contribution in [-0.4, -0.2) is 10.7 Å². The molecule has 0 radical (unpaired) electrons. The van der Waals surface area contributed by atoms with Gasteiger partial charge in [0, 0.05) is 29.5 Å². The molecule has 2 heterocycles. The number of nitro benzene ring substituents is 1. The van der Waals surface area contributed by atoms with Crippen molar-refractivity contribution in [2.45, 2.75) is 32.1 Å². The SMILES string of the molecule is CC1=CC(c2ccc(-c3ccccc3[N+](=O)[O-])o2)C2=C(CCCC2=O)N1. The molecule has 1 aliphatic carbocycles. The van der Waals surface area contributed by atoms with E-state index in [1.165, 1.54) is 6.07 Å². The number of benzene rings is 1. The van der Waals surface area contributed by atoms with Gasteiger partial charge >= 0.3 is 0 Å². The van der Waals surface area contributed by atoms with Crippen molar-refractivity contribution in [3.63, 3.8) is 0 Å². The third kappa shape index (κ3) is 2.73. The molecule has 6 nitrogen and oxygen atoms in total. The van der Waals surface area contributed by atoms with Crippen LogP contribution in [0.1, 0.15) is 37.9 Å². The lowest BCUT2D eigenvalue weighted by Crippen LogP contribution is -2.28. The number of hydrogen-bond donors (Lipinski definition) is 1. The van der Waals surface area contributed by atoms with Crippen molar-refractivity contribution in [2.24, 2.45) is 0 Å². The largest absolute Gasteiger partial charge is 0.460 e. The number of allylic oxidation sites excluding steroid dienone is 4. The van der Waals surface area contributed by atoms with E-state index in [-0.39, 0.29) is 17.4 Å². The van der Waals surface area contributed by atoms with Crippen LogP contribution in [-0.2, 0) is 4.79 Å². The van der Waals surface area contributed by atoms with Crippen LogP contribution in [0.3, 0.4) is 0 Å². The quantitative estimate of drug-likeness (QED) is 0.653. The van der Waals surface area contributed by atoms with Gasteiger partial charge in [-0.1, -0.05) is 18.2 Å². The molecule has 0 saturated carbocycles. The number of rotatable bonds is 3. The van der Waals surface area contributed by atoms with Crippen LogP contribution in [0.4, 0.5) is 5.69 Å². The zero-order valence-corrected chi connectivity index (χ0v) is 14.3. The summed E-state index contributed by atoms with van der Waals surface area (Å²) in [6.45, 7) is 1.96. The van der Waals surface area contributed by atoms with E-state index in [9.17, 15) is 14.9 Å². The lowest BCUT2D eigenvalue weighted by molar-refractivity contribution is -0.384. The average molecular weight is 350 g/mol. The number of furan rings is 1. The minimum atomic E-state index is -0.419. The number of hydrogen-bond acceptors (Lipinski definition) is 5. The molecule has 132 valence electrons. The molecule has 0 bridgehead atoms. The zero-order chi connectivity index (χ0) is 18.3. The topological polar surface area (TPSA) is 85.4 Å². The van der Waals surface area contributed by atoms with Gasteiger partial charge in [0.05, 0.1) is 16.4 Å². The van der Waals surface area contributed by atoms with Crippen LogP contribution in [0.15, 0.2) is 63.9 Å². The summed E-state index contributed by atoms with van der Waals surface area (Å²) in [5.74, 6) is 0.941. The molecule has 0 fully saturated rings. The molecule has 6 heteroatoms. The first kappa shape index (κ1) is 16.3. The van der Waals surface area contributed by atoms with Gasteiger partial charge in [0.1, 0.15) is 11.5 Å². The Morgan fingerprint density at radius 1 is 1.19 bits per heavy atom. The molecule has 1 N–H and O–H groups in total. The highest BCUT2D eigenvalue weighted by Crippen LogP contribution is 2.40. The third-order valence-corrected chi connectivity index (χ3v) is 4.83. The molecule has 0 saturated heterocycles. The summed E-state index contributed by atoms with van der Waals surface area (Å²) in [5, 5.41) is 14.6. The number of para-hydroxylation sites is 1. The Bertz CT molecular complexity index is 968. The molecule has 4 rings (SSSR count). The van der Waals surface area contributed by atoms with Gasteiger partial charge < -0.3 is 9.73 Å². The summed E-state index contributed by atoms with van der Waals surface area (Å²) >= 11 is 0. The maximum absolute atomic E-state index is 12.5. The van der Waals surface area contributed by atoms with Crippen molar-refractivity contribution in [3.05, 3.63) is 75.3 Å². The van der Waals surface area contributed by atoms with Gasteiger partial charge in [0.2, 0.25) is 0 Å². The Labute approximate surface area is 150 Å². The third-order valence-electron chi connectivity index (χ3n) is 4.83. The summed E-state index contributed by atoms with van der Waals surface area (Å²) in [6, 6.07) is 10.0. The summed E-state index contributed by atoms with van der Waals surface area (Å²) in [7, 11) is 0. The second kappa shape index (κ2) is 6.29. The molecule has 1 atom stereocenters. The van der Waals surface area contributed by atoms with Crippen LogP contribution in [0.2, 0.25) is 0 Å². The second-order valence-electron chi connectivity index (χ2n) is 6.60. The van der Waals surface area contributed by atoms with E-state index in [4.69, 9.17) is 4.42 Å². The van der Waals surface area contributed by atoms with E-state index in [1.807, 2.05) is 13.0 Å².